The maximum atomic E-state index is 12.3. The lowest BCUT2D eigenvalue weighted by Gasteiger charge is -2.05. The Hall–Kier alpha value is -2.21. The van der Waals surface area contributed by atoms with E-state index in [9.17, 15) is 4.79 Å². The van der Waals surface area contributed by atoms with Gasteiger partial charge in [-0.25, -0.2) is 4.40 Å². The van der Waals surface area contributed by atoms with Crippen LogP contribution in [0.15, 0.2) is 34.6 Å². The largest absolute Gasteiger partial charge is 0.311 e. The first-order valence-electron chi connectivity index (χ1n) is 5.49. The van der Waals surface area contributed by atoms with Crippen molar-refractivity contribution in [1.82, 2.24) is 19.0 Å². The predicted molar refractivity (Wildman–Crippen MR) is 70.3 cm³/mol. The molecule has 0 amide bonds. The van der Waals surface area contributed by atoms with Gasteiger partial charge in [-0.3, -0.25) is 4.79 Å². The fraction of sp³-hybridized carbons (Fsp3) is 0.0833. The van der Waals surface area contributed by atoms with Gasteiger partial charge in [-0.2, -0.15) is 0 Å². The van der Waals surface area contributed by atoms with E-state index in [-0.39, 0.29) is 5.56 Å². The van der Waals surface area contributed by atoms with E-state index in [1.165, 1.54) is 11.3 Å². The molecule has 6 heteroatoms. The van der Waals surface area contributed by atoms with Crippen LogP contribution >= 0.6 is 11.3 Å². The Morgan fingerprint density at radius 3 is 3.00 bits per heavy atom. The van der Waals surface area contributed by atoms with Crippen LogP contribution in [0.1, 0.15) is 5.69 Å². The molecule has 0 aliphatic rings. The normalized spacial score (nSPS) is 11.8. The van der Waals surface area contributed by atoms with E-state index in [0.29, 0.717) is 11.3 Å². The molecule has 4 heterocycles. The van der Waals surface area contributed by atoms with E-state index in [4.69, 9.17) is 0 Å². The molecule has 0 atom stereocenters. The fourth-order valence-corrected chi connectivity index (χ4v) is 3.13. The molecule has 0 aliphatic carbocycles. The molecule has 0 saturated carbocycles. The van der Waals surface area contributed by atoms with Gasteiger partial charge in [-0.05, 0) is 30.5 Å². The molecular weight excluding hydrogens is 248 g/mol. The van der Waals surface area contributed by atoms with Crippen molar-refractivity contribution >= 4 is 32.8 Å². The number of hydrogen-bond donors (Lipinski definition) is 0. The van der Waals surface area contributed by atoms with Gasteiger partial charge in [0.05, 0.1) is 11.0 Å². The lowest BCUT2D eigenvalue weighted by atomic mass is 10.4. The summed E-state index contributed by atoms with van der Waals surface area (Å²) in [6.07, 6.45) is 1.97. The molecule has 0 saturated heterocycles. The van der Waals surface area contributed by atoms with Crippen molar-refractivity contribution in [1.29, 1.82) is 0 Å². The molecule has 0 bridgehead atoms. The van der Waals surface area contributed by atoms with Crippen LogP contribution in [0.5, 0.6) is 0 Å². The lowest BCUT2D eigenvalue weighted by molar-refractivity contribution is 0.909. The van der Waals surface area contributed by atoms with Gasteiger partial charge in [0, 0.05) is 6.20 Å². The first-order chi connectivity index (χ1) is 8.77. The standard InChI is InChI=1S/C12H8N4OS/c1-7-11(17)16-10(14-13-7)8-3-2-5-15(8)9-4-6-18-12(9)16/h2-6H,1H3. The number of thiophene rings is 1. The fourth-order valence-electron chi connectivity index (χ4n) is 2.24. The van der Waals surface area contributed by atoms with Crippen LogP contribution in [0, 0.1) is 6.92 Å². The summed E-state index contributed by atoms with van der Waals surface area (Å²) < 4.78 is 3.68. The molecule has 4 rings (SSSR count). The zero-order valence-corrected chi connectivity index (χ0v) is 10.3. The Balaban J connectivity index is 2.52. The summed E-state index contributed by atoms with van der Waals surface area (Å²) in [6.45, 7) is 1.68. The molecule has 0 fully saturated rings. The van der Waals surface area contributed by atoms with Gasteiger partial charge in [0.25, 0.3) is 5.56 Å². The van der Waals surface area contributed by atoms with Crippen LogP contribution < -0.4 is 5.56 Å². The Bertz CT molecular complexity index is 963. The van der Waals surface area contributed by atoms with Crippen LogP contribution in [0.3, 0.4) is 0 Å². The van der Waals surface area contributed by atoms with Gasteiger partial charge in [0.15, 0.2) is 5.65 Å². The van der Waals surface area contributed by atoms with Crippen molar-refractivity contribution in [3.05, 3.63) is 45.8 Å². The van der Waals surface area contributed by atoms with Crippen LogP contribution in [-0.2, 0) is 0 Å². The molecule has 0 N–H and O–H groups in total. The third-order valence-electron chi connectivity index (χ3n) is 3.08. The number of nitrogens with zero attached hydrogens (tertiary/aromatic N) is 4. The zero-order valence-electron chi connectivity index (χ0n) is 9.49. The summed E-state index contributed by atoms with van der Waals surface area (Å²) in [6, 6.07) is 5.89. The maximum Gasteiger partial charge on any atom is 0.280 e. The first kappa shape index (κ1) is 9.78. The van der Waals surface area contributed by atoms with Gasteiger partial charge < -0.3 is 4.40 Å². The average molecular weight is 256 g/mol. The van der Waals surface area contributed by atoms with E-state index < -0.39 is 0 Å². The highest BCUT2D eigenvalue weighted by Crippen LogP contribution is 2.24. The number of hydrogen-bond acceptors (Lipinski definition) is 4. The minimum absolute atomic E-state index is 0.101. The molecule has 5 nitrogen and oxygen atoms in total. The number of rotatable bonds is 0. The number of fused-ring (bicyclic) bond motifs is 6. The molecule has 0 aliphatic heterocycles. The van der Waals surface area contributed by atoms with Gasteiger partial charge in [0.2, 0.25) is 0 Å². The summed E-state index contributed by atoms with van der Waals surface area (Å²) in [4.78, 5) is 13.2. The van der Waals surface area contributed by atoms with Crippen molar-refractivity contribution in [3.8, 4) is 0 Å². The zero-order chi connectivity index (χ0) is 12.3. The van der Waals surface area contributed by atoms with Crippen LogP contribution in [0.2, 0.25) is 0 Å². The summed E-state index contributed by atoms with van der Waals surface area (Å²) in [5.41, 5.74) is 2.83. The van der Waals surface area contributed by atoms with Crippen molar-refractivity contribution in [2.45, 2.75) is 6.92 Å². The molecule has 0 radical (unpaired) electrons. The smallest absolute Gasteiger partial charge is 0.280 e. The van der Waals surface area contributed by atoms with Gasteiger partial charge in [-0.1, -0.05) is 0 Å². The molecule has 0 spiro atoms. The second-order valence-corrected chi connectivity index (χ2v) is 5.02. The lowest BCUT2D eigenvalue weighted by Crippen LogP contribution is -2.20. The van der Waals surface area contributed by atoms with Gasteiger partial charge in [-0.15, -0.1) is 21.5 Å². The van der Waals surface area contributed by atoms with Crippen LogP contribution in [0.4, 0.5) is 0 Å². The predicted octanol–water partition coefficient (Wildman–Crippen LogP) is 1.87. The van der Waals surface area contributed by atoms with E-state index in [0.717, 1.165) is 15.9 Å². The highest BCUT2D eigenvalue weighted by atomic mass is 32.1. The molecule has 0 unspecified atom stereocenters. The minimum atomic E-state index is -0.101. The molecular formula is C12H8N4OS. The van der Waals surface area contributed by atoms with E-state index in [2.05, 4.69) is 10.2 Å². The molecule has 4 aromatic rings. The van der Waals surface area contributed by atoms with Crippen molar-refractivity contribution in [3.63, 3.8) is 0 Å². The van der Waals surface area contributed by atoms with E-state index >= 15 is 0 Å². The van der Waals surface area contributed by atoms with E-state index in [1.807, 2.05) is 34.2 Å². The quantitative estimate of drug-likeness (QED) is 0.482. The summed E-state index contributed by atoms with van der Waals surface area (Å²) >= 11 is 1.53. The van der Waals surface area contributed by atoms with Crippen molar-refractivity contribution < 1.29 is 0 Å². The Kier molecular flexibility index (Phi) is 1.72. The second-order valence-electron chi connectivity index (χ2n) is 4.12. The highest BCUT2D eigenvalue weighted by molar-refractivity contribution is 7.16. The summed E-state index contributed by atoms with van der Waals surface area (Å²) in [5, 5.41) is 10.1. The second kappa shape index (κ2) is 3.17. The average Bonchev–Trinajstić information content (AvgIpc) is 2.99. The number of aryl methyl sites for hydroxylation is 1. The number of aromatic nitrogens is 4. The van der Waals surface area contributed by atoms with Crippen LogP contribution in [0.25, 0.3) is 21.5 Å². The van der Waals surface area contributed by atoms with Gasteiger partial charge >= 0.3 is 0 Å². The summed E-state index contributed by atoms with van der Waals surface area (Å²) in [5.74, 6) is 0. The maximum absolute atomic E-state index is 12.3. The van der Waals surface area contributed by atoms with Gasteiger partial charge in [0.1, 0.15) is 10.5 Å². The SMILES string of the molecule is Cc1nnc2c3cccn3c3ccsc3n2c1=O. The molecule has 0 aromatic carbocycles. The summed E-state index contributed by atoms with van der Waals surface area (Å²) in [7, 11) is 0. The third kappa shape index (κ3) is 1.03. The van der Waals surface area contributed by atoms with Crippen LogP contribution in [-0.4, -0.2) is 19.0 Å². The molecule has 88 valence electrons. The first-order valence-corrected chi connectivity index (χ1v) is 6.37. The topological polar surface area (TPSA) is 51.7 Å². The molecule has 18 heavy (non-hydrogen) atoms. The Morgan fingerprint density at radius 2 is 2.11 bits per heavy atom. The third-order valence-corrected chi connectivity index (χ3v) is 3.97. The highest BCUT2D eigenvalue weighted by Gasteiger charge is 2.13. The molecule has 4 aromatic heterocycles. The van der Waals surface area contributed by atoms with E-state index in [1.54, 1.807) is 11.3 Å². The minimum Gasteiger partial charge on any atom is -0.311 e. The van der Waals surface area contributed by atoms with Crippen molar-refractivity contribution in [2.75, 3.05) is 0 Å². The van der Waals surface area contributed by atoms with Crippen molar-refractivity contribution in [2.24, 2.45) is 0 Å². The Morgan fingerprint density at radius 1 is 1.22 bits per heavy atom. The monoisotopic (exact) mass is 256 g/mol. The Labute approximate surface area is 105 Å².